The van der Waals surface area contributed by atoms with E-state index in [9.17, 15) is 4.79 Å². The third kappa shape index (κ3) is 6.17. The van der Waals surface area contributed by atoms with Crippen molar-refractivity contribution in [1.82, 2.24) is 20.4 Å². The minimum Gasteiger partial charge on any atom is -0.355 e. The molecule has 25 heavy (non-hydrogen) atoms. The number of hydrogen-bond donors (Lipinski definition) is 2. The number of carbonyl (C=O) groups is 1. The van der Waals surface area contributed by atoms with E-state index in [-0.39, 0.29) is 11.8 Å². The van der Waals surface area contributed by atoms with Gasteiger partial charge < -0.3 is 20.4 Å². The molecule has 2 saturated heterocycles. The molecule has 2 heterocycles. The van der Waals surface area contributed by atoms with Crippen LogP contribution in [-0.2, 0) is 4.79 Å². The molecule has 0 saturated carbocycles. The van der Waals surface area contributed by atoms with Crippen molar-refractivity contribution in [3.8, 4) is 0 Å². The van der Waals surface area contributed by atoms with E-state index >= 15 is 0 Å². The first-order chi connectivity index (χ1) is 11.9. The predicted molar refractivity (Wildman–Crippen MR) is 104 cm³/mol. The van der Waals surface area contributed by atoms with Crippen LogP contribution in [0.4, 0.5) is 0 Å². The molecule has 2 aliphatic rings. The summed E-state index contributed by atoms with van der Waals surface area (Å²) in [5.74, 6) is 2.77. The summed E-state index contributed by atoms with van der Waals surface area (Å²) in [6, 6.07) is 0.295. The zero-order valence-electron chi connectivity index (χ0n) is 16.7. The van der Waals surface area contributed by atoms with Crippen molar-refractivity contribution < 1.29 is 4.79 Å². The Hall–Kier alpha value is -1.30. The summed E-state index contributed by atoms with van der Waals surface area (Å²) in [4.78, 5) is 21.0. The zero-order chi connectivity index (χ0) is 18.4. The van der Waals surface area contributed by atoms with E-state index in [4.69, 9.17) is 0 Å². The second kappa shape index (κ2) is 9.41. The molecule has 6 heteroatoms. The Labute approximate surface area is 153 Å². The van der Waals surface area contributed by atoms with Crippen LogP contribution in [-0.4, -0.2) is 74.0 Å². The number of likely N-dealkylation sites (tertiary alicyclic amines) is 2. The molecule has 0 aliphatic carbocycles. The first-order valence-corrected chi connectivity index (χ1v) is 9.87. The molecule has 2 aliphatic heterocycles. The van der Waals surface area contributed by atoms with Gasteiger partial charge >= 0.3 is 0 Å². The second-order valence-corrected chi connectivity index (χ2v) is 8.27. The van der Waals surface area contributed by atoms with Gasteiger partial charge in [-0.05, 0) is 24.7 Å². The molecule has 1 amide bonds. The van der Waals surface area contributed by atoms with Crippen LogP contribution in [0.1, 0.15) is 40.5 Å². The lowest BCUT2D eigenvalue weighted by Gasteiger charge is -2.35. The van der Waals surface area contributed by atoms with E-state index < -0.39 is 0 Å². The van der Waals surface area contributed by atoms with Gasteiger partial charge in [-0.3, -0.25) is 9.79 Å². The quantitative estimate of drug-likeness (QED) is 0.580. The number of aliphatic imine (C=N–C) groups is 1. The van der Waals surface area contributed by atoms with Gasteiger partial charge in [0.1, 0.15) is 0 Å². The van der Waals surface area contributed by atoms with E-state index in [1.165, 1.54) is 19.5 Å². The van der Waals surface area contributed by atoms with Gasteiger partial charge in [-0.2, -0.15) is 0 Å². The number of nitrogens with zero attached hydrogens (tertiary/aromatic N) is 3. The molecule has 0 aromatic carbocycles. The monoisotopic (exact) mass is 351 g/mol. The Morgan fingerprint density at radius 2 is 1.88 bits per heavy atom. The van der Waals surface area contributed by atoms with E-state index in [1.54, 1.807) is 0 Å². The largest absolute Gasteiger partial charge is 0.355 e. The third-order valence-corrected chi connectivity index (χ3v) is 5.22. The van der Waals surface area contributed by atoms with E-state index in [0.717, 1.165) is 50.4 Å². The standard InChI is InChI=1S/C19H37N5O/c1-14(2)18(25)24-8-6-17(13-24)22-19(20-5)21-7-9-23-11-15(3)10-16(4)12-23/h14-17H,6-13H2,1-5H3,(H2,20,21,22). The van der Waals surface area contributed by atoms with E-state index in [0.29, 0.717) is 6.04 Å². The van der Waals surface area contributed by atoms with Gasteiger partial charge in [0.15, 0.2) is 5.96 Å². The number of carbonyl (C=O) groups excluding carboxylic acids is 1. The lowest BCUT2D eigenvalue weighted by atomic mass is 9.92. The maximum atomic E-state index is 12.1. The highest BCUT2D eigenvalue weighted by atomic mass is 16.2. The number of nitrogens with one attached hydrogen (secondary N) is 2. The molecular weight excluding hydrogens is 314 g/mol. The van der Waals surface area contributed by atoms with Crippen molar-refractivity contribution in [2.24, 2.45) is 22.7 Å². The molecule has 0 aromatic heterocycles. The molecule has 0 spiro atoms. The summed E-state index contributed by atoms with van der Waals surface area (Å²) in [5, 5.41) is 6.91. The van der Waals surface area contributed by atoms with Crippen molar-refractivity contribution in [3.63, 3.8) is 0 Å². The summed E-state index contributed by atoms with van der Waals surface area (Å²) >= 11 is 0. The Balaban J connectivity index is 1.70. The van der Waals surface area contributed by atoms with Crippen LogP contribution >= 0.6 is 0 Å². The van der Waals surface area contributed by atoms with Crippen LogP contribution in [0.15, 0.2) is 4.99 Å². The van der Waals surface area contributed by atoms with Crippen LogP contribution < -0.4 is 10.6 Å². The highest BCUT2D eigenvalue weighted by Gasteiger charge is 2.28. The number of hydrogen-bond acceptors (Lipinski definition) is 3. The molecule has 3 atom stereocenters. The van der Waals surface area contributed by atoms with E-state index in [2.05, 4.69) is 34.4 Å². The SMILES string of the molecule is CN=C(NCCN1CC(C)CC(C)C1)NC1CCN(C(=O)C(C)C)C1. The minimum atomic E-state index is 0.0745. The smallest absolute Gasteiger partial charge is 0.225 e. The van der Waals surface area contributed by atoms with Crippen molar-refractivity contribution in [2.45, 2.75) is 46.6 Å². The van der Waals surface area contributed by atoms with Crippen molar-refractivity contribution in [2.75, 3.05) is 46.3 Å². The van der Waals surface area contributed by atoms with Gasteiger partial charge in [0.25, 0.3) is 0 Å². The zero-order valence-corrected chi connectivity index (χ0v) is 16.7. The normalized spacial score (nSPS) is 28.5. The van der Waals surface area contributed by atoms with Crippen molar-refractivity contribution in [3.05, 3.63) is 0 Å². The molecule has 0 aromatic rings. The Morgan fingerprint density at radius 3 is 2.48 bits per heavy atom. The molecular formula is C19H37N5O. The fraction of sp³-hybridized carbons (Fsp3) is 0.895. The van der Waals surface area contributed by atoms with Gasteiger partial charge in [-0.25, -0.2) is 0 Å². The number of amides is 1. The lowest BCUT2D eigenvalue weighted by Crippen LogP contribution is -2.48. The summed E-state index contributed by atoms with van der Waals surface area (Å²) in [7, 11) is 1.81. The molecule has 144 valence electrons. The average molecular weight is 352 g/mol. The molecule has 0 bridgehead atoms. The summed E-state index contributed by atoms with van der Waals surface area (Å²) in [6.07, 6.45) is 2.33. The van der Waals surface area contributed by atoms with Crippen LogP contribution in [0.25, 0.3) is 0 Å². The number of piperidine rings is 1. The van der Waals surface area contributed by atoms with Gasteiger partial charge in [0, 0.05) is 58.3 Å². The third-order valence-electron chi connectivity index (χ3n) is 5.22. The molecule has 6 nitrogen and oxygen atoms in total. The maximum absolute atomic E-state index is 12.1. The van der Waals surface area contributed by atoms with Gasteiger partial charge in [-0.1, -0.05) is 27.7 Å². The average Bonchev–Trinajstić information content (AvgIpc) is 3.00. The van der Waals surface area contributed by atoms with Gasteiger partial charge in [0.2, 0.25) is 5.91 Å². The molecule has 0 radical (unpaired) electrons. The van der Waals surface area contributed by atoms with Crippen LogP contribution in [0, 0.1) is 17.8 Å². The Kier molecular flexibility index (Phi) is 7.54. The summed E-state index contributed by atoms with van der Waals surface area (Å²) in [6.45, 7) is 14.6. The Bertz CT molecular complexity index is 455. The maximum Gasteiger partial charge on any atom is 0.225 e. The van der Waals surface area contributed by atoms with E-state index in [1.807, 2.05) is 25.8 Å². The molecule has 3 unspecified atom stereocenters. The van der Waals surface area contributed by atoms with Crippen LogP contribution in [0.5, 0.6) is 0 Å². The van der Waals surface area contributed by atoms with Crippen LogP contribution in [0.3, 0.4) is 0 Å². The number of guanidine groups is 1. The number of rotatable bonds is 5. The van der Waals surface area contributed by atoms with Crippen molar-refractivity contribution in [1.29, 1.82) is 0 Å². The minimum absolute atomic E-state index is 0.0745. The second-order valence-electron chi connectivity index (χ2n) is 8.27. The van der Waals surface area contributed by atoms with Gasteiger partial charge in [0.05, 0.1) is 0 Å². The van der Waals surface area contributed by atoms with Crippen molar-refractivity contribution >= 4 is 11.9 Å². The predicted octanol–water partition coefficient (Wildman–Crippen LogP) is 1.39. The fourth-order valence-corrected chi connectivity index (χ4v) is 4.14. The highest BCUT2D eigenvalue weighted by molar-refractivity contribution is 5.81. The Morgan fingerprint density at radius 1 is 1.20 bits per heavy atom. The summed E-state index contributed by atoms with van der Waals surface area (Å²) < 4.78 is 0. The highest BCUT2D eigenvalue weighted by Crippen LogP contribution is 2.20. The summed E-state index contributed by atoms with van der Waals surface area (Å²) in [5.41, 5.74) is 0. The first kappa shape index (κ1) is 20.0. The first-order valence-electron chi connectivity index (χ1n) is 9.87. The molecule has 2 rings (SSSR count). The van der Waals surface area contributed by atoms with Crippen LogP contribution in [0.2, 0.25) is 0 Å². The fourth-order valence-electron chi connectivity index (χ4n) is 4.14. The van der Waals surface area contributed by atoms with Gasteiger partial charge in [-0.15, -0.1) is 0 Å². The topological polar surface area (TPSA) is 60.0 Å². The molecule has 2 fully saturated rings. The molecule has 2 N–H and O–H groups in total. The lowest BCUT2D eigenvalue weighted by molar-refractivity contribution is -0.133.